The Morgan fingerprint density at radius 1 is 1.45 bits per heavy atom. The average molecular weight is 160 g/mol. The summed E-state index contributed by atoms with van der Waals surface area (Å²) in [6.45, 7) is 8.53. The summed E-state index contributed by atoms with van der Waals surface area (Å²) in [4.78, 5) is 0. The molecule has 0 aliphatic heterocycles. The fourth-order valence-electron chi connectivity index (χ4n) is 0.882. The molecule has 0 aliphatic rings. The highest BCUT2D eigenvalue weighted by molar-refractivity contribution is 4.58. The van der Waals surface area contributed by atoms with Crippen LogP contribution in [0.4, 0.5) is 0 Å². The Bertz CT molecular complexity index is 97.7. The molecule has 0 spiro atoms. The maximum atomic E-state index is 9.54. The minimum Gasteiger partial charge on any atom is -0.366 e. The number of hydrogen-bond donors (Lipinski definition) is 1. The van der Waals surface area contributed by atoms with Gasteiger partial charge in [-0.1, -0.05) is 27.2 Å². The van der Waals surface area contributed by atoms with E-state index >= 15 is 0 Å². The third-order valence-corrected chi connectivity index (χ3v) is 1.44. The zero-order valence-electron chi connectivity index (χ0n) is 8.05. The van der Waals surface area contributed by atoms with Gasteiger partial charge in [-0.25, -0.2) is 0 Å². The van der Waals surface area contributed by atoms with Gasteiger partial charge >= 0.3 is 0 Å². The Morgan fingerprint density at radius 2 is 2.00 bits per heavy atom. The molecular formula is C9H20O2. The molecule has 0 aliphatic carbocycles. The first kappa shape index (κ1) is 10.9. The average Bonchev–Trinajstić information content (AvgIpc) is 1.84. The molecule has 0 aromatic heterocycles. The summed E-state index contributed by atoms with van der Waals surface area (Å²) < 4.78 is 5.29. The molecule has 1 atom stereocenters. The normalized spacial score (nSPS) is 16.9. The van der Waals surface area contributed by atoms with Crippen molar-refractivity contribution in [2.75, 3.05) is 6.61 Å². The van der Waals surface area contributed by atoms with Crippen LogP contribution in [0.15, 0.2) is 0 Å². The summed E-state index contributed by atoms with van der Waals surface area (Å²) in [5, 5.41) is 9.54. The van der Waals surface area contributed by atoms with Gasteiger partial charge < -0.3 is 9.84 Å². The molecule has 1 unspecified atom stereocenters. The number of aliphatic hydroxyl groups is 1. The van der Waals surface area contributed by atoms with Gasteiger partial charge in [-0.15, -0.1) is 0 Å². The fourth-order valence-corrected chi connectivity index (χ4v) is 0.882. The van der Waals surface area contributed by atoms with Crippen LogP contribution in [-0.2, 0) is 4.74 Å². The van der Waals surface area contributed by atoms with E-state index in [9.17, 15) is 5.11 Å². The molecule has 0 aromatic carbocycles. The summed E-state index contributed by atoms with van der Waals surface area (Å²) in [5.41, 5.74) is 0. The van der Waals surface area contributed by atoms with E-state index in [4.69, 9.17) is 4.74 Å². The van der Waals surface area contributed by atoms with Gasteiger partial charge in [0.15, 0.2) is 5.79 Å². The standard InChI is InChI=1S/C9H20O2/c1-5-6-9(4,10)11-7-8(2)3/h8,10H,5-7H2,1-4H3. The van der Waals surface area contributed by atoms with Crippen LogP contribution < -0.4 is 0 Å². The first-order chi connectivity index (χ1) is 4.98. The Labute approximate surface area is 69.6 Å². The van der Waals surface area contributed by atoms with Crippen LogP contribution >= 0.6 is 0 Å². The largest absolute Gasteiger partial charge is 0.366 e. The lowest BCUT2D eigenvalue weighted by molar-refractivity contribution is -0.199. The van der Waals surface area contributed by atoms with Crippen LogP contribution in [0.1, 0.15) is 40.5 Å². The fraction of sp³-hybridized carbons (Fsp3) is 1.00. The lowest BCUT2D eigenvalue weighted by Crippen LogP contribution is -2.29. The van der Waals surface area contributed by atoms with E-state index in [2.05, 4.69) is 13.8 Å². The van der Waals surface area contributed by atoms with Crippen LogP contribution in [0.2, 0.25) is 0 Å². The highest BCUT2D eigenvalue weighted by Gasteiger charge is 2.19. The van der Waals surface area contributed by atoms with Crippen molar-refractivity contribution in [1.82, 2.24) is 0 Å². The number of ether oxygens (including phenoxy) is 1. The van der Waals surface area contributed by atoms with E-state index in [1.807, 2.05) is 6.92 Å². The Hall–Kier alpha value is -0.0800. The van der Waals surface area contributed by atoms with Crippen LogP contribution in [0.5, 0.6) is 0 Å². The summed E-state index contributed by atoms with van der Waals surface area (Å²) >= 11 is 0. The molecule has 11 heavy (non-hydrogen) atoms. The molecule has 0 saturated carbocycles. The number of hydrogen-bond acceptors (Lipinski definition) is 2. The minimum absolute atomic E-state index is 0.485. The molecule has 0 aromatic rings. The summed E-state index contributed by atoms with van der Waals surface area (Å²) in [7, 11) is 0. The molecule has 1 N–H and O–H groups in total. The van der Waals surface area contributed by atoms with Gasteiger partial charge in [0.2, 0.25) is 0 Å². The third-order valence-electron chi connectivity index (χ3n) is 1.44. The summed E-state index contributed by atoms with van der Waals surface area (Å²) in [6.07, 6.45) is 1.66. The van der Waals surface area contributed by atoms with E-state index in [1.54, 1.807) is 6.92 Å². The Balaban J connectivity index is 3.54. The summed E-state index contributed by atoms with van der Waals surface area (Å²) in [6, 6.07) is 0. The predicted molar refractivity (Wildman–Crippen MR) is 46.3 cm³/mol. The molecule has 0 saturated heterocycles. The van der Waals surface area contributed by atoms with Gasteiger partial charge in [-0.05, 0) is 12.8 Å². The monoisotopic (exact) mass is 160 g/mol. The first-order valence-electron chi connectivity index (χ1n) is 4.34. The van der Waals surface area contributed by atoms with E-state index < -0.39 is 5.79 Å². The lowest BCUT2D eigenvalue weighted by Gasteiger charge is -2.24. The molecular weight excluding hydrogens is 140 g/mol. The van der Waals surface area contributed by atoms with Crippen molar-refractivity contribution < 1.29 is 9.84 Å². The highest BCUT2D eigenvalue weighted by atomic mass is 16.6. The second kappa shape index (κ2) is 4.73. The molecule has 2 heteroatoms. The third kappa shape index (κ3) is 6.32. The van der Waals surface area contributed by atoms with Gasteiger partial charge in [0.1, 0.15) is 0 Å². The van der Waals surface area contributed by atoms with Crippen LogP contribution in [0.25, 0.3) is 0 Å². The maximum Gasteiger partial charge on any atom is 0.162 e. The Kier molecular flexibility index (Phi) is 4.69. The van der Waals surface area contributed by atoms with Crippen molar-refractivity contribution >= 4 is 0 Å². The molecule has 0 amide bonds. The molecule has 68 valence electrons. The van der Waals surface area contributed by atoms with Crippen molar-refractivity contribution in [2.24, 2.45) is 5.92 Å². The smallest absolute Gasteiger partial charge is 0.162 e. The van der Waals surface area contributed by atoms with Gasteiger partial charge in [0.05, 0.1) is 6.61 Å². The molecule has 0 heterocycles. The van der Waals surface area contributed by atoms with Gasteiger partial charge in [0, 0.05) is 6.42 Å². The summed E-state index contributed by atoms with van der Waals surface area (Å²) in [5.74, 6) is -0.433. The van der Waals surface area contributed by atoms with E-state index in [0.29, 0.717) is 18.9 Å². The second-order valence-corrected chi connectivity index (χ2v) is 3.63. The van der Waals surface area contributed by atoms with Crippen molar-refractivity contribution in [3.63, 3.8) is 0 Å². The highest BCUT2D eigenvalue weighted by Crippen LogP contribution is 2.14. The van der Waals surface area contributed by atoms with Crippen molar-refractivity contribution in [3.8, 4) is 0 Å². The molecule has 0 rings (SSSR count). The van der Waals surface area contributed by atoms with E-state index in [-0.39, 0.29) is 0 Å². The minimum atomic E-state index is -0.918. The topological polar surface area (TPSA) is 29.5 Å². The first-order valence-corrected chi connectivity index (χ1v) is 4.34. The van der Waals surface area contributed by atoms with Gasteiger partial charge in [0.25, 0.3) is 0 Å². The van der Waals surface area contributed by atoms with Crippen molar-refractivity contribution in [2.45, 2.75) is 46.3 Å². The SMILES string of the molecule is CCCC(C)(O)OCC(C)C. The molecule has 0 fully saturated rings. The quantitative estimate of drug-likeness (QED) is 0.624. The molecule has 2 nitrogen and oxygen atoms in total. The maximum absolute atomic E-state index is 9.54. The lowest BCUT2D eigenvalue weighted by atomic mass is 10.2. The zero-order valence-corrected chi connectivity index (χ0v) is 8.05. The molecule has 0 bridgehead atoms. The molecule has 0 radical (unpaired) electrons. The predicted octanol–water partition coefficient (Wildman–Crippen LogP) is 2.17. The van der Waals surface area contributed by atoms with Crippen LogP contribution in [-0.4, -0.2) is 17.5 Å². The van der Waals surface area contributed by atoms with Crippen LogP contribution in [0, 0.1) is 5.92 Å². The van der Waals surface area contributed by atoms with E-state index in [0.717, 1.165) is 6.42 Å². The van der Waals surface area contributed by atoms with Crippen LogP contribution in [0.3, 0.4) is 0 Å². The van der Waals surface area contributed by atoms with Gasteiger partial charge in [-0.2, -0.15) is 0 Å². The Morgan fingerprint density at radius 3 is 2.36 bits per heavy atom. The van der Waals surface area contributed by atoms with Crippen molar-refractivity contribution in [1.29, 1.82) is 0 Å². The van der Waals surface area contributed by atoms with E-state index in [1.165, 1.54) is 0 Å². The zero-order chi connectivity index (χ0) is 8.91. The number of rotatable bonds is 5. The van der Waals surface area contributed by atoms with Crippen molar-refractivity contribution in [3.05, 3.63) is 0 Å². The van der Waals surface area contributed by atoms with Gasteiger partial charge in [-0.3, -0.25) is 0 Å². The second-order valence-electron chi connectivity index (χ2n) is 3.63.